The molecule has 164 valence electrons. The van der Waals surface area contributed by atoms with Crippen LogP contribution < -0.4 is 20.9 Å². The van der Waals surface area contributed by atoms with E-state index >= 15 is 0 Å². The Morgan fingerprint density at radius 2 is 1.72 bits per heavy atom. The highest BCUT2D eigenvalue weighted by Crippen LogP contribution is 2.35. The van der Waals surface area contributed by atoms with E-state index < -0.39 is 21.4 Å². The molecule has 1 heterocycles. The van der Waals surface area contributed by atoms with E-state index in [2.05, 4.69) is 26.1 Å². The highest BCUT2D eigenvalue weighted by Gasteiger charge is 2.24. The number of carbonyl (C=O) groups excluding carboxylic acids is 1. The standard InChI is InChI=1S/C18H14ClN7O6/c1-32-14-7-4-11(19)8-13(14)22-16-15(26(30)31)17(21-9-20-16)23-24-18(27)10-2-5-12(6-3-10)25(28)29/h2-9H,1H3,(H,24,27)(H2,20,21,22,23). The number of non-ortho nitro benzene ring substituents is 1. The molecule has 0 unspecified atom stereocenters. The van der Waals surface area contributed by atoms with Crippen molar-refractivity contribution in [2.45, 2.75) is 0 Å². The van der Waals surface area contributed by atoms with Crippen molar-refractivity contribution >= 4 is 46.2 Å². The summed E-state index contributed by atoms with van der Waals surface area (Å²) >= 11 is 5.98. The predicted octanol–water partition coefficient (Wildman–Crippen LogP) is 3.46. The van der Waals surface area contributed by atoms with Crippen LogP contribution in [0.25, 0.3) is 0 Å². The van der Waals surface area contributed by atoms with Gasteiger partial charge in [0, 0.05) is 22.7 Å². The zero-order chi connectivity index (χ0) is 23.3. The molecule has 0 radical (unpaired) electrons. The number of nitro benzene ring substituents is 1. The molecule has 2 aromatic carbocycles. The summed E-state index contributed by atoms with van der Waals surface area (Å²) in [6.45, 7) is 0. The minimum absolute atomic E-state index is 0.0850. The first-order chi connectivity index (χ1) is 15.3. The monoisotopic (exact) mass is 459 g/mol. The fourth-order valence-corrected chi connectivity index (χ4v) is 2.73. The van der Waals surface area contributed by atoms with Crippen molar-refractivity contribution < 1.29 is 19.4 Å². The number of benzene rings is 2. The number of aromatic nitrogens is 2. The van der Waals surface area contributed by atoms with Crippen LogP contribution in [-0.4, -0.2) is 32.8 Å². The number of hydrogen-bond acceptors (Lipinski definition) is 10. The fraction of sp³-hybridized carbons (Fsp3) is 0.0556. The van der Waals surface area contributed by atoms with E-state index in [4.69, 9.17) is 16.3 Å². The lowest BCUT2D eigenvalue weighted by molar-refractivity contribution is -0.384. The van der Waals surface area contributed by atoms with Crippen molar-refractivity contribution in [2.24, 2.45) is 0 Å². The fourth-order valence-electron chi connectivity index (χ4n) is 2.56. The van der Waals surface area contributed by atoms with E-state index in [1.165, 1.54) is 25.3 Å². The van der Waals surface area contributed by atoms with Crippen molar-refractivity contribution in [3.63, 3.8) is 0 Å². The van der Waals surface area contributed by atoms with Crippen LogP contribution in [0.1, 0.15) is 10.4 Å². The molecule has 32 heavy (non-hydrogen) atoms. The molecule has 13 nitrogen and oxygen atoms in total. The van der Waals surface area contributed by atoms with Gasteiger partial charge in [-0.1, -0.05) is 11.6 Å². The van der Waals surface area contributed by atoms with Crippen molar-refractivity contribution in [3.05, 3.63) is 79.6 Å². The highest BCUT2D eigenvalue weighted by atomic mass is 35.5. The van der Waals surface area contributed by atoms with Crippen LogP contribution in [0.3, 0.4) is 0 Å². The molecule has 0 saturated carbocycles. The maximum absolute atomic E-state index is 12.3. The summed E-state index contributed by atoms with van der Waals surface area (Å²) < 4.78 is 5.21. The lowest BCUT2D eigenvalue weighted by Crippen LogP contribution is -2.30. The highest BCUT2D eigenvalue weighted by molar-refractivity contribution is 6.31. The van der Waals surface area contributed by atoms with E-state index in [1.54, 1.807) is 12.1 Å². The average molecular weight is 460 g/mol. The summed E-state index contributed by atoms with van der Waals surface area (Å²) in [5, 5.41) is 25.5. The lowest BCUT2D eigenvalue weighted by Gasteiger charge is -2.13. The molecule has 0 atom stereocenters. The van der Waals surface area contributed by atoms with Gasteiger partial charge in [-0.25, -0.2) is 9.97 Å². The third-order valence-electron chi connectivity index (χ3n) is 4.05. The quantitative estimate of drug-likeness (QED) is 0.334. The van der Waals surface area contributed by atoms with Crippen LogP contribution in [0.4, 0.5) is 28.7 Å². The SMILES string of the molecule is COc1ccc(Cl)cc1Nc1ncnc(NNC(=O)c2ccc([N+](=O)[O-])cc2)c1[N+](=O)[O-]. The molecular formula is C18H14ClN7O6. The lowest BCUT2D eigenvalue weighted by atomic mass is 10.2. The Balaban J connectivity index is 1.83. The van der Waals surface area contributed by atoms with Crippen LogP contribution in [0.15, 0.2) is 48.8 Å². The van der Waals surface area contributed by atoms with E-state index in [0.29, 0.717) is 16.5 Å². The average Bonchev–Trinajstić information content (AvgIpc) is 2.77. The first kappa shape index (κ1) is 22.2. The molecular weight excluding hydrogens is 446 g/mol. The van der Waals surface area contributed by atoms with Crippen LogP contribution in [0, 0.1) is 20.2 Å². The van der Waals surface area contributed by atoms with Crippen molar-refractivity contribution in [1.82, 2.24) is 15.4 Å². The van der Waals surface area contributed by atoms with E-state index in [0.717, 1.165) is 18.5 Å². The Morgan fingerprint density at radius 1 is 1.03 bits per heavy atom. The third kappa shape index (κ3) is 4.96. The van der Waals surface area contributed by atoms with Gasteiger partial charge in [0.1, 0.15) is 12.1 Å². The van der Waals surface area contributed by atoms with E-state index in [9.17, 15) is 25.0 Å². The molecule has 0 aliphatic carbocycles. The van der Waals surface area contributed by atoms with Crippen molar-refractivity contribution in [1.29, 1.82) is 0 Å². The van der Waals surface area contributed by atoms with Gasteiger partial charge in [0.05, 0.1) is 22.6 Å². The summed E-state index contributed by atoms with van der Waals surface area (Å²) in [6.07, 6.45) is 1.05. The van der Waals surface area contributed by atoms with E-state index in [-0.39, 0.29) is 22.9 Å². The zero-order valence-corrected chi connectivity index (χ0v) is 17.0. The summed E-state index contributed by atoms with van der Waals surface area (Å²) in [7, 11) is 1.42. The van der Waals surface area contributed by atoms with Gasteiger partial charge in [0.25, 0.3) is 11.6 Å². The zero-order valence-electron chi connectivity index (χ0n) is 16.2. The number of anilines is 3. The van der Waals surface area contributed by atoms with Crippen LogP contribution >= 0.6 is 11.6 Å². The number of rotatable bonds is 8. The Bertz CT molecular complexity index is 1190. The number of methoxy groups -OCH3 is 1. The van der Waals surface area contributed by atoms with Gasteiger partial charge >= 0.3 is 5.69 Å². The van der Waals surface area contributed by atoms with Crippen LogP contribution in [-0.2, 0) is 0 Å². The number of halogens is 1. The third-order valence-corrected chi connectivity index (χ3v) is 4.29. The van der Waals surface area contributed by atoms with Crippen molar-refractivity contribution in [3.8, 4) is 5.75 Å². The number of hydrogen-bond donors (Lipinski definition) is 3. The van der Waals surface area contributed by atoms with Gasteiger partial charge in [0.15, 0.2) is 0 Å². The molecule has 1 amide bonds. The summed E-state index contributed by atoms with van der Waals surface area (Å²) in [5.41, 5.74) is 4.29. The summed E-state index contributed by atoms with van der Waals surface area (Å²) in [6, 6.07) is 9.44. The van der Waals surface area contributed by atoms with Gasteiger partial charge < -0.3 is 10.1 Å². The minimum atomic E-state index is -0.736. The number of carbonyl (C=O) groups is 1. The number of nitro groups is 2. The molecule has 0 saturated heterocycles. The molecule has 0 spiro atoms. The first-order valence-electron chi connectivity index (χ1n) is 8.71. The molecule has 0 aliphatic rings. The maximum Gasteiger partial charge on any atom is 0.355 e. The Hall–Kier alpha value is -4.52. The predicted molar refractivity (Wildman–Crippen MR) is 114 cm³/mol. The number of amides is 1. The number of ether oxygens (including phenoxy) is 1. The second-order valence-corrected chi connectivity index (χ2v) is 6.47. The van der Waals surface area contributed by atoms with Crippen molar-refractivity contribution in [2.75, 3.05) is 17.9 Å². The second kappa shape index (κ2) is 9.53. The van der Waals surface area contributed by atoms with Crippen LogP contribution in [0.5, 0.6) is 5.75 Å². The van der Waals surface area contributed by atoms with Gasteiger partial charge in [-0.05, 0) is 30.3 Å². The van der Waals surface area contributed by atoms with Gasteiger partial charge in [-0.2, -0.15) is 0 Å². The minimum Gasteiger partial charge on any atom is -0.495 e. The molecule has 0 fully saturated rings. The van der Waals surface area contributed by atoms with Gasteiger partial charge in [0.2, 0.25) is 11.6 Å². The van der Waals surface area contributed by atoms with E-state index in [1.807, 2.05) is 0 Å². The molecule has 3 N–H and O–H groups in total. The first-order valence-corrected chi connectivity index (χ1v) is 9.08. The molecule has 0 aliphatic heterocycles. The Kier molecular flexibility index (Phi) is 6.60. The normalized spacial score (nSPS) is 10.2. The maximum atomic E-state index is 12.3. The summed E-state index contributed by atoms with van der Waals surface area (Å²) in [5.74, 6) is -0.816. The van der Waals surface area contributed by atoms with Crippen LogP contribution in [0.2, 0.25) is 5.02 Å². The molecule has 14 heteroatoms. The molecule has 3 rings (SSSR count). The largest absolute Gasteiger partial charge is 0.495 e. The molecule has 3 aromatic rings. The molecule has 0 bridgehead atoms. The number of hydrazine groups is 1. The number of nitrogens with one attached hydrogen (secondary N) is 3. The van der Waals surface area contributed by atoms with Gasteiger partial charge in [-0.3, -0.25) is 35.9 Å². The smallest absolute Gasteiger partial charge is 0.355 e. The summed E-state index contributed by atoms with van der Waals surface area (Å²) in [4.78, 5) is 41.0. The topological polar surface area (TPSA) is 174 Å². The van der Waals surface area contributed by atoms with Gasteiger partial charge in [-0.15, -0.1) is 0 Å². The second-order valence-electron chi connectivity index (χ2n) is 6.03. The molecule has 1 aromatic heterocycles. The Labute approximate surface area is 184 Å². The number of nitrogens with zero attached hydrogens (tertiary/aromatic N) is 4. The Morgan fingerprint density at radius 3 is 2.34 bits per heavy atom.